The lowest BCUT2D eigenvalue weighted by molar-refractivity contribution is -0.144. The Morgan fingerprint density at radius 3 is 2.12 bits per heavy atom. The molecular formula is C27H25FO6. The molecule has 7 heteroatoms. The van der Waals surface area contributed by atoms with E-state index in [4.69, 9.17) is 14.2 Å². The van der Waals surface area contributed by atoms with Gasteiger partial charge in [-0.05, 0) is 68.5 Å². The maximum absolute atomic E-state index is 14.4. The fraction of sp³-hybridized carbons (Fsp3) is 0.222. The zero-order valence-electron chi connectivity index (χ0n) is 19.3. The Labute approximate surface area is 197 Å². The van der Waals surface area contributed by atoms with Crippen LogP contribution in [0.5, 0.6) is 11.5 Å². The Morgan fingerprint density at radius 1 is 0.882 bits per heavy atom. The summed E-state index contributed by atoms with van der Waals surface area (Å²) in [7, 11) is 0. The number of esters is 3. The molecule has 1 aliphatic rings. The van der Waals surface area contributed by atoms with Crippen LogP contribution in [0.15, 0.2) is 66.8 Å². The van der Waals surface area contributed by atoms with E-state index < -0.39 is 29.8 Å². The number of fused-ring (bicyclic) bond motifs is 1. The molecule has 0 radical (unpaired) electrons. The van der Waals surface area contributed by atoms with Gasteiger partial charge < -0.3 is 14.2 Å². The maximum atomic E-state index is 14.4. The SMILES string of the molecule is C=C(C)C(=O)Oc1cc(F)cc(-c2ccc(OC(=O)C(=C)C)c3c2CCC3OC(=O)C(=C)C)c1. The summed E-state index contributed by atoms with van der Waals surface area (Å²) in [6.07, 6.45) is 0.242. The third-order valence-electron chi connectivity index (χ3n) is 5.19. The van der Waals surface area contributed by atoms with Crippen molar-refractivity contribution in [2.75, 3.05) is 0 Å². The minimum Gasteiger partial charge on any atom is -0.454 e. The average molecular weight is 464 g/mol. The first kappa shape index (κ1) is 24.6. The quantitative estimate of drug-likeness (QED) is 0.303. The van der Waals surface area contributed by atoms with Crippen molar-refractivity contribution >= 4 is 17.9 Å². The second-order valence-corrected chi connectivity index (χ2v) is 8.23. The molecule has 0 saturated heterocycles. The van der Waals surface area contributed by atoms with E-state index in [-0.39, 0.29) is 28.2 Å². The van der Waals surface area contributed by atoms with Crippen molar-refractivity contribution < 1.29 is 33.0 Å². The van der Waals surface area contributed by atoms with Crippen LogP contribution >= 0.6 is 0 Å². The average Bonchev–Trinajstić information content (AvgIpc) is 3.17. The van der Waals surface area contributed by atoms with E-state index in [9.17, 15) is 18.8 Å². The van der Waals surface area contributed by atoms with Gasteiger partial charge in [0, 0.05) is 28.3 Å². The van der Waals surface area contributed by atoms with Crippen LogP contribution in [0.2, 0.25) is 0 Å². The highest BCUT2D eigenvalue weighted by molar-refractivity contribution is 5.90. The number of halogens is 1. The van der Waals surface area contributed by atoms with E-state index in [1.165, 1.54) is 32.9 Å². The number of carbonyl (C=O) groups excluding carboxylic acids is 3. The van der Waals surface area contributed by atoms with Crippen molar-refractivity contribution in [1.82, 2.24) is 0 Å². The molecular weight excluding hydrogens is 439 g/mol. The first-order chi connectivity index (χ1) is 16.0. The molecule has 6 nitrogen and oxygen atoms in total. The molecule has 0 aromatic heterocycles. The standard InChI is InChI=1S/C27H25FO6/c1-14(2)25(29)32-19-12-17(11-18(28)13-19)20-7-9-22(33-26(30)15(3)4)24-21(20)8-10-23(24)34-27(31)16(5)6/h7,9,11-13,23H,1,3,5,8,10H2,2,4,6H3. The molecule has 0 amide bonds. The second kappa shape index (κ2) is 9.87. The van der Waals surface area contributed by atoms with Gasteiger partial charge in [0.05, 0.1) is 0 Å². The summed E-state index contributed by atoms with van der Waals surface area (Å²) >= 11 is 0. The Kier molecular flexibility index (Phi) is 7.15. The molecule has 2 aromatic rings. The highest BCUT2D eigenvalue weighted by Crippen LogP contribution is 2.45. The monoisotopic (exact) mass is 464 g/mol. The van der Waals surface area contributed by atoms with Gasteiger partial charge in [-0.15, -0.1) is 0 Å². The predicted octanol–water partition coefficient (Wildman–Crippen LogP) is 5.56. The molecule has 0 heterocycles. The lowest BCUT2D eigenvalue weighted by Crippen LogP contribution is -2.14. The largest absolute Gasteiger partial charge is 0.454 e. The summed E-state index contributed by atoms with van der Waals surface area (Å²) in [5, 5.41) is 0. The molecule has 2 aromatic carbocycles. The Hall–Kier alpha value is -4.00. The van der Waals surface area contributed by atoms with E-state index in [2.05, 4.69) is 19.7 Å². The van der Waals surface area contributed by atoms with Gasteiger partial charge in [0.15, 0.2) is 0 Å². The lowest BCUT2D eigenvalue weighted by Gasteiger charge is -2.19. The molecule has 3 rings (SSSR count). The van der Waals surface area contributed by atoms with Crippen molar-refractivity contribution in [2.24, 2.45) is 0 Å². The summed E-state index contributed by atoms with van der Waals surface area (Å²) in [6, 6.07) is 7.19. The molecule has 0 saturated carbocycles. The number of benzene rings is 2. The van der Waals surface area contributed by atoms with Gasteiger partial charge in [-0.3, -0.25) is 0 Å². The molecule has 1 aliphatic carbocycles. The maximum Gasteiger partial charge on any atom is 0.338 e. The van der Waals surface area contributed by atoms with Crippen molar-refractivity contribution in [3.05, 3.63) is 83.7 Å². The molecule has 34 heavy (non-hydrogen) atoms. The van der Waals surface area contributed by atoms with Gasteiger partial charge in [0.2, 0.25) is 0 Å². The third-order valence-corrected chi connectivity index (χ3v) is 5.19. The van der Waals surface area contributed by atoms with Crippen molar-refractivity contribution in [2.45, 2.75) is 39.7 Å². The van der Waals surface area contributed by atoms with Crippen molar-refractivity contribution in [1.29, 1.82) is 0 Å². The third kappa shape index (κ3) is 5.31. The smallest absolute Gasteiger partial charge is 0.338 e. The summed E-state index contributed by atoms with van der Waals surface area (Å²) < 4.78 is 30.7. The molecule has 0 N–H and O–H groups in total. The zero-order valence-corrected chi connectivity index (χ0v) is 19.3. The van der Waals surface area contributed by atoms with Gasteiger partial charge in [-0.25, -0.2) is 18.8 Å². The number of hydrogen-bond donors (Lipinski definition) is 0. The number of hydrogen-bond acceptors (Lipinski definition) is 6. The summed E-state index contributed by atoms with van der Waals surface area (Å²) in [4.78, 5) is 36.3. The van der Waals surface area contributed by atoms with Crippen LogP contribution in [-0.2, 0) is 25.5 Å². The van der Waals surface area contributed by atoms with Gasteiger partial charge in [-0.1, -0.05) is 25.8 Å². The Bertz CT molecular complexity index is 1240. The van der Waals surface area contributed by atoms with Crippen LogP contribution in [0.4, 0.5) is 4.39 Å². The van der Waals surface area contributed by atoms with E-state index in [1.807, 2.05) is 0 Å². The Balaban J connectivity index is 2.10. The lowest BCUT2D eigenvalue weighted by atomic mass is 9.95. The highest BCUT2D eigenvalue weighted by atomic mass is 19.1. The number of rotatable bonds is 7. The summed E-state index contributed by atoms with van der Waals surface area (Å²) in [6.45, 7) is 15.3. The highest BCUT2D eigenvalue weighted by Gasteiger charge is 2.33. The molecule has 0 fully saturated rings. The van der Waals surface area contributed by atoms with Crippen molar-refractivity contribution in [3.8, 4) is 22.6 Å². The van der Waals surface area contributed by atoms with Gasteiger partial charge in [0.1, 0.15) is 23.4 Å². The van der Waals surface area contributed by atoms with Crippen LogP contribution in [0.25, 0.3) is 11.1 Å². The number of carbonyl (C=O) groups is 3. The van der Waals surface area contributed by atoms with Crippen LogP contribution in [0, 0.1) is 5.82 Å². The van der Waals surface area contributed by atoms with E-state index in [1.54, 1.807) is 12.1 Å². The number of ether oxygens (including phenoxy) is 3. The molecule has 176 valence electrons. The first-order valence-corrected chi connectivity index (χ1v) is 10.6. The van der Waals surface area contributed by atoms with E-state index in [0.29, 0.717) is 29.5 Å². The fourth-order valence-corrected chi connectivity index (χ4v) is 3.55. The second-order valence-electron chi connectivity index (χ2n) is 8.23. The normalized spacial score (nSPS) is 14.1. The molecule has 1 unspecified atom stereocenters. The minimum atomic E-state index is -0.679. The van der Waals surface area contributed by atoms with Gasteiger partial charge in [-0.2, -0.15) is 0 Å². The molecule has 0 aliphatic heterocycles. The molecule has 0 spiro atoms. The zero-order chi connectivity index (χ0) is 25.2. The summed E-state index contributed by atoms with van der Waals surface area (Å²) in [5.41, 5.74) is 2.95. The van der Waals surface area contributed by atoms with Crippen LogP contribution in [0.3, 0.4) is 0 Å². The summed E-state index contributed by atoms with van der Waals surface area (Å²) in [5.74, 6) is -2.20. The minimum absolute atomic E-state index is 0.0257. The Morgan fingerprint density at radius 2 is 1.50 bits per heavy atom. The first-order valence-electron chi connectivity index (χ1n) is 10.6. The van der Waals surface area contributed by atoms with E-state index in [0.717, 1.165) is 11.6 Å². The predicted molar refractivity (Wildman–Crippen MR) is 125 cm³/mol. The van der Waals surface area contributed by atoms with Crippen LogP contribution in [0.1, 0.15) is 44.4 Å². The van der Waals surface area contributed by atoms with Crippen LogP contribution < -0.4 is 9.47 Å². The van der Waals surface area contributed by atoms with E-state index >= 15 is 0 Å². The van der Waals surface area contributed by atoms with Crippen molar-refractivity contribution in [3.63, 3.8) is 0 Å². The van der Waals surface area contributed by atoms with Crippen LogP contribution in [-0.4, -0.2) is 17.9 Å². The van der Waals surface area contributed by atoms with Gasteiger partial charge in [0.25, 0.3) is 0 Å². The fourth-order valence-electron chi connectivity index (χ4n) is 3.55. The van der Waals surface area contributed by atoms with Gasteiger partial charge >= 0.3 is 17.9 Å². The molecule has 0 bridgehead atoms. The topological polar surface area (TPSA) is 78.9 Å². The molecule has 1 atom stereocenters.